The summed E-state index contributed by atoms with van der Waals surface area (Å²) < 4.78 is 21.6. The van der Waals surface area contributed by atoms with E-state index in [1.165, 1.54) is 88.1 Å². The molecule has 0 atom stereocenters. The summed E-state index contributed by atoms with van der Waals surface area (Å²) in [7, 11) is 0. The summed E-state index contributed by atoms with van der Waals surface area (Å²) in [6.07, 6.45) is 19.0. The van der Waals surface area contributed by atoms with E-state index in [0.29, 0.717) is 0 Å². The fourth-order valence-corrected chi connectivity index (χ4v) is 4.58. The first-order valence-electron chi connectivity index (χ1n) is 16.9. The molecule has 0 saturated heterocycles. The zero-order valence-corrected chi connectivity index (χ0v) is 27.1. The van der Waals surface area contributed by atoms with Gasteiger partial charge in [0.2, 0.25) is 0 Å². The molecule has 3 N–H and O–H groups in total. The third-order valence-corrected chi connectivity index (χ3v) is 6.99. The maximum Gasteiger partial charge on any atom is 0.0722 e. The second kappa shape index (κ2) is 30.7. The number of rotatable bonds is 28. The minimum atomic E-state index is 0.800. The number of ether oxygens (including phenoxy) is 4. The molecule has 0 fully saturated rings. The fraction of sp³-hybridized carbons (Fsp3) is 0.743. The van der Waals surface area contributed by atoms with Gasteiger partial charge in [-0.15, -0.1) is 0 Å². The Morgan fingerprint density at radius 3 is 1.67 bits per heavy atom. The Hall–Kier alpha value is -1.77. The largest absolute Gasteiger partial charge is 0.384 e. The van der Waals surface area contributed by atoms with Gasteiger partial charge < -0.3 is 30.0 Å². The summed E-state index contributed by atoms with van der Waals surface area (Å²) in [5, 5.41) is 4.76. The van der Waals surface area contributed by atoms with E-state index in [1.54, 1.807) is 0 Å². The van der Waals surface area contributed by atoms with Gasteiger partial charge >= 0.3 is 0 Å². The summed E-state index contributed by atoms with van der Waals surface area (Å²) >= 11 is 0. The number of para-hydroxylation sites is 1. The molecule has 242 valence electrons. The van der Waals surface area contributed by atoms with Crippen LogP contribution in [0.4, 0.5) is 5.69 Å². The molecule has 1 aromatic heterocycles. The van der Waals surface area contributed by atoms with Crippen molar-refractivity contribution in [1.82, 2.24) is 4.98 Å². The molecule has 0 spiro atoms. The van der Waals surface area contributed by atoms with E-state index in [2.05, 4.69) is 34.6 Å². The smallest absolute Gasteiger partial charge is 0.0722 e. The molecule has 0 radical (unpaired) electrons. The molecule has 7 heteroatoms. The highest BCUT2D eigenvalue weighted by molar-refractivity contribution is 5.90. The number of pyridine rings is 1. The number of hydrogen-bond acceptors (Lipinski definition) is 7. The maximum atomic E-state index is 5.61. The first kappa shape index (κ1) is 38.3. The van der Waals surface area contributed by atoms with Crippen molar-refractivity contribution in [2.45, 2.75) is 104 Å². The first-order chi connectivity index (χ1) is 20.8. The van der Waals surface area contributed by atoms with Crippen molar-refractivity contribution in [3.63, 3.8) is 0 Å². The molecular formula is C35H63N3O4. The quantitative estimate of drug-likeness (QED) is 0.0968. The summed E-state index contributed by atoms with van der Waals surface area (Å²) in [5.41, 5.74) is 7.67. The molecule has 42 heavy (non-hydrogen) atoms. The molecule has 0 amide bonds. The Bertz CT molecular complexity index is 804. The van der Waals surface area contributed by atoms with Gasteiger partial charge in [-0.1, -0.05) is 69.6 Å². The highest BCUT2D eigenvalue weighted by Gasteiger charge is 2.00. The van der Waals surface area contributed by atoms with Crippen LogP contribution in [-0.4, -0.2) is 70.9 Å². The monoisotopic (exact) mass is 589 g/mol. The minimum absolute atomic E-state index is 0.800. The second-order valence-corrected chi connectivity index (χ2v) is 10.7. The standard InChI is InChI=1S/C22H34N2O2.C13H29NO2/c1-2-25-18-11-19-26-17-10-6-4-3-5-9-15-23-22-14-16-24-21-13-8-7-12-20(21)22;1-2-15-12-9-13-16-11-8-6-4-3-5-7-10-14/h7-8,12-14,16H,2-6,9-11,15,17-19H2,1H3,(H,23,24);2-14H2,1H3. The predicted octanol–water partition coefficient (Wildman–Crippen LogP) is 8.16. The second-order valence-electron chi connectivity index (χ2n) is 10.7. The van der Waals surface area contributed by atoms with Crippen LogP contribution in [0.2, 0.25) is 0 Å². The van der Waals surface area contributed by atoms with Gasteiger partial charge in [-0.25, -0.2) is 0 Å². The summed E-state index contributed by atoms with van der Waals surface area (Å²) in [4.78, 5) is 4.40. The number of unbranched alkanes of at least 4 members (excludes halogenated alkanes) is 10. The number of anilines is 1. The van der Waals surface area contributed by atoms with E-state index in [1.807, 2.05) is 26.1 Å². The van der Waals surface area contributed by atoms with E-state index in [9.17, 15) is 0 Å². The van der Waals surface area contributed by atoms with Gasteiger partial charge in [-0.3, -0.25) is 4.98 Å². The van der Waals surface area contributed by atoms with Gasteiger partial charge in [-0.05, 0) is 71.0 Å². The number of nitrogens with zero attached hydrogens (tertiary/aromatic N) is 1. The van der Waals surface area contributed by atoms with Crippen LogP contribution < -0.4 is 11.1 Å². The number of benzene rings is 1. The van der Waals surface area contributed by atoms with Crippen molar-refractivity contribution < 1.29 is 18.9 Å². The van der Waals surface area contributed by atoms with Gasteiger partial charge in [0.25, 0.3) is 0 Å². The lowest BCUT2D eigenvalue weighted by atomic mass is 10.1. The number of nitrogens with two attached hydrogens (primary N) is 1. The normalized spacial score (nSPS) is 11.0. The van der Waals surface area contributed by atoms with Crippen LogP contribution in [0.3, 0.4) is 0 Å². The average molecular weight is 590 g/mol. The van der Waals surface area contributed by atoms with Gasteiger partial charge in [0, 0.05) is 76.7 Å². The Kier molecular flexibility index (Phi) is 27.9. The molecule has 1 heterocycles. The number of hydrogen-bond donors (Lipinski definition) is 2. The lowest BCUT2D eigenvalue weighted by Gasteiger charge is -2.09. The van der Waals surface area contributed by atoms with Crippen LogP contribution in [0.5, 0.6) is 0 Å². The molecule has 2 aromatic rings. The van der Waals surface area contributed by atoms with Crippen LogP contribution in [0.1, 0.15) is 104 Å². The third-order valence-electron chi connectivity index (χ3n) is 6.99. The van der Waals surface area contributed by atoms with E-state index in [4.69, 9.17) is 24.7 Å². The highest BCUT2D eigenvalue weighted by atomic mass is 16.5. The molecule has 2 rings (SSSR count). The molecule has 0 saturated carbocycles. The molecule has 7 nitrogen and oxygen atoms in total. The number of fused-ring (bicyclic) bond motifs is 1. The number of nitrogens with one attached hydrogen (secondary N) is 1. The zero-order chi connectivity index (χ0) is 30.2. The van der Waals surface area contributed by atoms with E-state index in [-0.39, 0.29) is 0 Å². The van der Waals surface area contributed by atoms with Gasteiger partial charge in [-0.2, -0.15) is 0 Å². The van der Waals surface area contributed by atoms with Crippen LogP contribution in [-0.2, 0) is 18.9 Å². The van der Waals surface area contributed by atoms with Crippen molar-refractivity contribution in [1.29, 1.82) is 0 Å². The highest BCUT2D eigenvalue weighted by Crippen LogP contribution is 2.21. The predicted molar refractivity (Wildman–Crippen MR) is 179 cm³/mol. The zero-order valence-electron chi connectivity index (χ0n) is 27.1. The van der Waals surface area contributed by atoms with Gasteiger partial charge in [0.15, 0.2) is 0 Å². The van der Waals surface area contributed by atoms with Gasteiger partial charge in [0.1, 0.15) is 0 Å². The first-order valence-corrected chi connectivity index (χ1v) is 16.9. The maximum absolute atomic E-state index is 5.61. The molecule has 0 aliphatic rings. The average Bonchev–Trinajstić information content (AvgIpc) is 3.02. The third kappa shape index (κ3) is 22.8. The van der Waals surface area contributed by atoms with E-state index >= 15 is 0 Å². The molecule has 0 aliphatic heterocycles. The Balaban J connectivity index is 0.000000476. The molecule has 0 aliphatic carbocycles. The van der Waals surface area contributed by atoms with Crippen LogP contribution in [0.25, 0.3) is 10.9 Å². The molecule has 0 unspecified atom stereocenters. The van der Waals surface area contributed by atoms with Crippen LogP contribution >= 0.6 is 0 Å². The van der Waals surface area contributed by atoms with Crippen molar-refractivity contribution in [2.24, 2.45) is 5.73 Å². The van der Waals surface area contributed by atoms with Gasteiger partial charge in [0.05, 0.1) is 5.52 Å². The summed E-state index contributed by atoms with van der Waals surface area (Å²) in [5.74, 6) is 0. The Morgan fingerprint density at radius 1 is 0.571 bits per heavy atom. The van der Waals surface area contributed by atoms with Crippen molar-refractivity contribution in [2.75, 3.05) is 71.3 Å². The SMILES string of the molecule is CCOCCCOCCCCCCCCN.CCOCCCOCCCCCCCCNc1ccnc2ccccc12. The molecular weight excluding hydrogens is 526 g/mol. The summed E-state index contributed by atoms with van der Waals surface area (Å²) in [6.45, 7) is 12.6. The van der Waals surface area contributed by atoms with Crippen LogP contribution in [0, 0.1) is 0 Å². The minimum Gasteiger partial charge on any atom is -0.384 e. The van der Waals surface area contributed by atoms with Crippen molar-refractivity contribution in [3.05, 3.63) is 36.5 Å². The topological polar surface area (TPSA) is 87.9 Å². The lowest BCUT2D eigenvalue weighted by molar-refractivity contribution is 0.0858. The van der Waals surface area contributed by atoms with Crippen molar-refractivity contribution >= 4 is 16.6 Å². The summed E-state index contributed by atoms with van der Waals surface area (Å²) in [6, 6.07) is 10.4. The fourth-order valence-electron chi connectivity index (χ4n) is 4.58. The molecule has 0 bridgehead atoms. The molecule has 1 aromatic carbocycles. The van der Waals surface area contributed by atoms with E-state index < -0.39 is 0 Å². The lowest BCUT2D eigenvalue weighted by Crippen LogP contribution is -2.02. The number of aromatic nitrogens is 1. The van der Waals surface area contributed by atoms with Crippen molar-refractivity contribution in [3.8, 4) is 0 Å². The van der Waals surface area contributed by atoms with Crippen LogP contribution in [0.15, 0.2) is 36.5 Å². The Labute approximate surface area is 257 Å². The Morgan fingerprint density at radius 2 is 1.07 bits per heavy atom. The van der Waals surface area contributed by atoms with E-state index in [0.717, 1.165) is 84.3 Å².